The molecule has 3 aromatic rings. The number of fused-ring (bicyclic) bond motifs is 4. The van der Waals surface area contributed by atoms with Gasteiger partial charge in [0, 0.05) is 28.5 Å². The fourth-order valence-electron chi connectivity index (χ4n) is 4.10. The molecule has 1 aliphatic carbocycles. The van der Waals surface area contributed by atoms with Gasteiger partial charge < -0.3 is 0 Å². The van der Waals surface area contributed by atoms with E-state index in [4.69, 9.17) is 0 Å². The summed E-state index contributed by atoms with van der Waals surface area (Å²) in [5.74, 6) is 2.03. The second kappa shape index (κ2) is 5.21. The van der Waals surface area contributed by atoms with Gasteiger partial charge in [-0.25, -0.2) is 0 Å². The van der Waals surface area contributed by atoms with Crippen molar-refractivity contribution in [3.05, 3.63) is 88.8 Å². The van der Waals surface area contributed by atoms with E-state index < -0.39 is 0 Å². The van der Waals surface area contributed by atoms with Gasteiger partial charge in [0.25, 0.3) is 0 Å². The van der Waals surface area contributed by atoms with Crippen LogP contribution < -0.4 is 0 Å². The molecule has 0 heteroatoms. The van der Waals surface area contributed by atoms with Crippen molar-refractivity contribution in [2.75, 3.05) is 0 Å². The Labute approximate surface area is 132 Å². The van der Waals surface area contributed by atoms with Crippen molar-refractivity contribution in [1.29, 1.82) is 0 Å². The monoisotopic (exact) mass is 285 g/mol. The van der Waals surface area contributed by atoms with Gasteiger partial charge in [-0.05, 0) is 55.3 Å². The first-order valence-corrected chi connectivity index (χ1v) is 8.32. The van der Waals surface area contributed by atoms with Crippen molar-refractivity contribution in [3.8, 4) is 0 Å². The summed E-state index contributed by atoms with van der Waals surface area (Å²) in [7, 11) is 0. The number of benzene rings is 3. The molecule has 3 aromatic carbocycles. The normalized spacial score (nSPS) is 16.5. The molecule has 108 valence electrons. The van der Waals surface area contributed by atoms with E-state index in [1.54, 1.807) is 0 Å². The van der Waals surface area contributed by atoms with E-state index in [-0.39, 0.29) is 0 Å². The average molecular weight is 285 g/mol. The first kappa shape index (κ1) is 13.5. The van der Waals surface area contributed by atoms with E-state index in [0.29, 0.717) is 5.92 Å². The lowest BCUT2D eigenvalue weighted by atomic mass is 9.69. The maximum Gasteiger partial charge on any atom is 0.0880 e. The number of hydrogen-bond acceptors (Lipinski definition) is 0. The minimum Gasteiger partial charge on any atom is -0.0631 e. The summed E-state index contributed by atoms with van der Waals surface area (Å²) in [5, 5.41) is 2.76. The molecule has 0 radical (unpaired) electrons. The molecular formula is C22H21+. The molecule has 0 spiro atoms. The molecule has 0 saturated heterocycles. The summed E-state index contributed by atoms with van der Waals surface area (Å²) in [6.07, 6.45) is 2.23. The zero-order valence-electron chi connectivity index (χ0n) is 13.3. The molecule has 0 amide bonds. The predicted molar refractivity (Wildman–Crippen MR) is 94.3 cm³/mol. The maximum atomic E-state index is 2.36. The summed E-state index contributed by atoms with van der Waals surface area (Å²) in [6, 6.07) is 22.4. The minimum absolute atomic E-state index is 0.520. The first-order chi connectivity index (χ1) is 10.8. The molecule has 0 heterocycles. The Morgan fingerprint density at radius 3 is 2.41 bits per heavy atom. The molecule has 1 atom stereocenters. The standard InChI is InChI=1S/C22H21/c1-3-16-19-11-7-8-12-20(19)17(4-2)22-18-10-6-5-9-15(18)13-14-21(16)22/h5-14,16H,3-4H2,1-2H3/q+1. The first-order valence-electron chi connectivity index (χ1n) is 8.32. The van der Waals surface area contributed by atoms with E-state index in [1.807, 2.05) is 0 Å². The molecule has 0 aliphatic heterocycles. The van der Waals surface area contributed by atoms with Crippen molar-refractivity contribution in [2.24, 2.45) is 0 Å². The zero-order valence-corrected chi connectivity index (χ0v) is 13.3. The lowest BCUT2D eigenvalue weighted by Crippen LogP contribution is -2.18. The highest BCUT2D eigenvalue weighted by Crippen LogP contribution is 2.47. The topological polar surface area (TPSA) is 0 Å². The summed E-state index contributed by atoms with van der Waals surface area (Å²) in [5.41, 5.74) is 5.97. The van der Waals surface area contributed by atoms with Gasteiger partial charge in [-0.3, -0.25) is 0 Å². The summed E-state index contributed by atoms with van der Waals surface area (Å²) in [4.78, 5) is 0. The maximum absolute atomic E-state index is 2.36. The van der Waals surface area contributed by atoms with Crippen LogP contribution in [0.2, 0.25) is 0 Å². The second-order valence-electron chi connectivity index (χ2n) is 6.13. The molecule has 1 unspecified atom stereocenters. The highest BCUT2D eigenvalue weighted by Gasteiger charge is 2.37. The Morgan fingerprint density at radius 2 is 1.59 bits per heavy atom. The fraction of sp³-hybridized carbons (Fsp3) is 0.227. The highest BCUT2D eigenvalue weighted by molar-refractivity contribution is 5.91. The van der Waals surface area contributed by atoms with Gasteiger partial charge in [0.2, 0.25) is 0 Å². The van der Waals surface area contributed by atoms with E-state index >= 15 is 0 Å². The van der Waals surface area contributed by atoms with E-state index in [0.717, 1.165) is 12.8 Å². The number of rotatable bonds is 2. The summed E-state index contributed by atoms with van der Waals surface area (Å²) in [6.45, 7) is 4.58. The van der Waals surface area contributed by atoms with Crippen LogP contribution in [-0.2, 0) is 0 Å². The molecule has 0 saturated carbocycles. The van der Waals surface area contributed by atoms with E-state index in [2.05, 4.69) is 74.5 Å². The van der Waals surface area contributed by atoms with E-state index in [1.165, 1.54) is 38.9 Å². The third kappa shape index (κ3) is 1.80. The van der Waals surface area contributed by atoms with Crippen molar-refractivity contribution in [3.63, 3.8) is 0 Å². The van der Waals surface area contributed by atoms with E-state index in [9.17, 15) is 0 Å². The van der Waals surface area contributed by atoms with Crippen molar-refractivity contribution in [2.45, 2.75) is 32.6 Å². The Hall–Kier alpha value is -2.21. The molecule has 0 N–H and O–H groups in total. The van der Waals surface area contributed by atoms with Crippen molar-refractivity contribution < 1.29 is 0 Å². The Morgan fingerprint density at radius 1 is 0.818 bits per heavy atom. The largest absolute Gasteiger partial charge is 0.0880 e. The van der Waals surface area contributed by atoms with Gasteiger partial charge in [0.1, 0.15) is 0 Å². The predicted octanol–water partition coefficient (Wildman–Crippen LogP) is 6.08. The van der Waals surface area contributed by atoms with Gasteiger partial charge in [0.15, 0.2) is 0 Å². The second-order valence-corrected chi connectivity index (χ2v) is 6.13. The summed E-state index contributed by atoms with van der Waals surface area (Å²) < 4.78 is 0. The van der Waals surface area contributed by atoms with Crippen LogP contribution in [0.25, 0.3) is 10.8 Å². The molecule has 4 rings (SSSR count). The van der Waals surface area contributed by atoms with Crippen LogP contribution >= 0.6 is 0 Å². The van der Waals surface area contributed by atoms with Crippen LogP contribution in [-0.4, -0.2) is 0 Å². The van der Waals surface area contributed by atoms with Crippen molar-refractivity contribution >= 4 is 10.8 Å². The smallest absolute Gasteiger partial charge is 0.0631 e. The van der Waals surface area contributed by atoms with Gasteiger partial charge in [-0.15, -0.1) is 0 Å². The summed E-state index contributed by atoms with van der Waals surface area (Å²) >= 11 is 0. The Kier molecular flexibility index (Phi) is 3.18. The minimum atomic E-state index is 0.520. The molecular weight excluding hydrogens is 264 g/mol. The molecule has 0 nitrogen and oxygen atoms in total. The molecule has 0 aromatic heterocycles. The highest BCUT2D eigenvalue weighted by atomic mass is 14.3. The third-order valence-corrected chi connectivity index (χ3v) is 5.06. The van der Waals surface area contributed by atoms with Gasteiger partial charge in [0.05, 0.1) is 22.4 Å². The lowest BCUT2D eigenvalue weighted by Gasteiger charge is -2.28. The molecule has 0 bridgehead atoms. The van der Waals surface area contributed by atoms with Gasteiger partial charge in [-0.1, -0.05) is 26.0 Å². The van der Waals surface area contributed by atoms with Crippen LogP contribution in [0.1, 0.15) is 54.9 Å². The molecule has 22 heavy (non-hydrogen) atoms. The molecule has 1 aliphatic rings. The van der Waals surface area contributed by atoms with Gasteiger partial charge >= 0.3 is 0 Å². The van der Waals surface area contributed by atoms with Crippen molar-refractivity contribution in [1.82, 2.24) is 0 Å². The quantitative estimate of drug-likeness (QED) is 0.501. The Bertz CT molecular complexity index is 828. The SMILES string of the molecule is CC[C+]1c2ccccc2C(CC)c2ccc3ccccc3c21. The van der Waals surface area contributed by atoms with Crippen LogP contribution in [0.15, 0.2) is 60.7 Å². The van der Waals surface area contributed by atoms with Crippen LogP contribution in [0, 0.1) is 5.92 Å². The zero-order chi connectivity index (χ0) is 15.1. The van der Waals surface area contributed by atoms with Gasteiger partial charge in [-0.2, -0.15) is 0 Å². The fourth-order valence-corrected chi connectivity index (χ4v) is 4.10. The number of hydrogen-bond donors (Lipinski definition) is 0. The Balaban J connectivity index is 2.08. The average Bonchev–Trinajstić information content (AvgIpc) is 2.59. The van der Waals surface area contributed by atoms with Crippen LogP contribution in [0.3, 0.4) is 0 Å². The van der Waals surface area contributed by atoms with Crippen LogP contribution in [0.4, 0.5) is 0 Å². The van der Waals surface area contributed by atoms with Crippen LogP contribution in [0.5, 0.6) is 0 Å². The molecule has 0 fully saturated rings. The lowest BCUT2D eigenvalue weighted by molar-refractivity contribution is 0.737. The third-order valence-electron chi connectivity index (χ3n) is 5.06.